The number of halogens is 4. The van der Waals surface area contributed by atoms with Gasteiger partial charge in [0.25, 0.3) is 15.6 Å². The van der Waals surface area contributed by atoms with Crippen LogP contribution in [0.3, 0.4) is 0 Å². The van der Waals surface area contributed by atoms with Crippen LogP contribution >= 0.6 is 0 Å². The van der Waals surface area contributed by atoms with Gasteiger partial charge in [0.2, 0.25) is 5.09 Å². The molecule has 0 saturated carbocycles. The highest BCUT2D eigenvalue weighted by Crippen LogP contribution is 2.31. The van der Waals surface area contributed by atoms with Crippen molar-refractivity contribution in [2.45, 2.75) is 62.9 Å². The van der Waals surface area contributed by atoms with Gasteiger partial charge in [-0.05, 0) is 63.4 Å². The lowest BCUT2D eigenvalue weighted by Crippen LogP contribution is -2.42. The third kappa shape index (κ3) is 5.78. The van der Waals surface area contributed by atoms with Crippen molar-refractivity contribution < 1.29 is 35.2 Å². The maximum Gasteiger partial charge on any atom is 0.433 e. The molecule has 0 N–H and O–H groups in total. The average Bonchev–Trinajstić information content (AvgIpc) is 3.60. The van der Waals surface area contributed by atoms with E-state index in [2.05, 4.69) is 4.98 Å². The lowest BCUT2D eigenvalue weighted by atomic mass is 10.0. The van der Waals surface area contributed by atoms with Crippen LogP contribution in [0.1, 0.15) is 50.4 Å². The molecule has 43 heavy (non-hydrogen) atoms. The van der Waals surface area contributed by atoms with Gasteiger partial charge in [0.1, 0.15) is 17.1 Å². The number of aryl methyl sites for hydroxylation is 1. The Balaban J connectivity index is 1.41. The van der Waals surface area contributed by atoms with Crippen molar-refractivity contribution in [2.24, 2.45) is 0 Å². The molecule has 0 aliphatic carbocycles. The van der Waals surface area contributed by atoms with Crippen LogP contribution in [0, 0.1) is 5.82 Å². The van der Waals surface area contributed by atoms with Gasteiger partial charge in [-0.2, -0.15) is 17.5 Å². The van der Waals surface area contributed by atoms with E-state index in [1.165, 1.54) is 12.1 Å². The topological polar surface area (TPSA) is 124 Å². The lowest BCUT2D eigenvalue weighted by Gasteiger charge is -2.22. The zero-order valence-electron chi connectivity index (χ0n) is 23.0. The number of pyridine rings is 1. The first-order valence-corrected chi connectivity index (χ1v) is 14.8. The fraction of sp³-hybridized carbons (Fsp3) is 0.357. The minimum absolute atomic E-state index is 0.0150. The van der Waals surface area contributed by atoms with Gasteiger partial charge in [0, 0.05) is 42.2 Å². The summed E-state index contributed by atoms with van der Waals surface area (Å²) in [6.07, 6.45) is -2.43. The second-order valence-electron chi connectivity index (χ2n) is 10.5. The molecule has 10 nitrogen and oxygen atoms in total. The van der Waals surface area contributed by atoms with E-state index in [0.29, 0.717) is 12.5 Å². The lowest BCUT2D eigenvalue weighted by molar-refractivity contribution is -0.141. The summed E-state index contributed by atoms with van der Waals surface area (Å²) in [4.78, 5) is 43.0. The molecule has 5 rings (SSSR count). The van der Waals surface area contributed by atoms with Gasteiger partial charge in [-0.1, -0.05) is 0 Å². The predicted octanol–water partition coefficient (Wildman–Crippen LogP) is 4.23. The molecule has 1 saturated heterocycles. The van der Waals surface area contributed by atoms with Crippen molar-refractivity contribution in [3.05, 3.63) is 86.7 Å². The van der Waals surface area contributed by atoms with Crippen LogP contribution in [0.4, 0.5) is 17.6 Å². The Kier molecular flexibility index (Phi) is 7.90. The van der Waals surface area contributed by atoms with Gasteiger partial charge in [-0.3, -0.25) is 18.7 Å². The third-order valence-electron chi connectivity index (χ3n) is 7.26. The zero-order chi connectivity index (χ0) is 31.3. The number of benzene rings is 1. The summed E-state index contributed by atoms with van der Waals surface area (Å²) in [5.41, 5.74) is -2.43. The number of carbonyl (C=O) groups excluding carboxylic acids is 1. The predicted molar refractivity (Wildman–Crippen MR) is 146 cm³/mol. The minimum Gasteiger partial charge on any atom is -0.443 e. The van der Waals surface area contributed by atoms with Crippen LogP contribution in [0.25, 0.3) is 16.7 Å². The third-order valence-corrected chi connectivity index (χ3v) is 9.02. The van der Waals surface area contributed by atoms with E-state index in [4.69, 9.17) is 4.42 Å². The first-order chi connectivity index (χ1) is 20.2. The van der Waals surface area contributed by atoms with E-state index >= 15 is 0 Å². The molecule has 1 aliphatic heterocycles. The standard InChI is InChI=1S/C28H26F4N4O6S/c1-16(2)36-26(38)17(15-34(27(36)39)20-7-10-24(33-14-20)28(30,31)32)5-8-22(37)21-4-3-11-35(21)43(40,41)25-13-18-12-19(29)6-9-23(18)42-25/h6-7,9-10,12-16,21H,3-5,8,11H2,1-2H3/t21-/m0/s1. The number of Topliss-reactive ketones (excluding diaryl/α,β-unsaturated/α-hetero) is 1. The summed E-state index contributed by atoms with van der Waals surface area (Å²) < 4.78 is 87.7. The van der Waals surface area contributed by atoms with E-state index in [1.54, 1.807) is 13.8 Å². The first-order valence-electron chi connectivity index (χ1n) is 13.3. The van der Waals surface area contributed by atoms with Crippen LogP contribution in [-0.4, -0.2) is 45.2 Å². The van der Waals surface area contributed by atoms with Gasteiger partial charge in [-0.25, -0.2) is 22.6 Å². The molecule has 0 unspecified atom stereocenters. The number of alkyl halides is 3. The summed E-state index contributed by atoms with van der Waals surface area (Å²) in [5.74, 6) is -1.03. The maximum absolute atomic E-state index is 13.6. The minimum atomic E-state index is -4.68. The van der Waals surface area contributed by atoms with E-state index in [1.807, 2.05) is 0 Å². The maximum atomic E-state index is 13.6. The Morgan fingerprint density at radius 3 is 2.53 bits per heavy atom. The molecular formula is C28H26F4N4O6S. The monoisotopic (exact) mass is 622 g/mol. The summed E-state index contributed by atoms with van der Waals surface area (Å²) in [7, 11) is -4.25. The highest BCUT2D eigenvalue weighted by Gasteiger charge is 2.40. The van der Waals surface area contributed by atoms with E-state index in [0.717, 1.165) is 44.0 Å². The summed E-state index contributed by atoms with van der Waals surface area (Å²) in [6.45, 7) is 3.22. The number of carbonyl (C=O) groups is 1. The quantitative estimate of drug-likeness (QED) is 0.269. The molecule has 1 aromatic carbocycles. The van der Waals surface area contributed by atoms with Crippen LogP contribution in [0.5, 0.6) is 0 Å². The first kappa shape index (κ1) is 30.4. The molecule has 1 fully saturated rings. The number of rotatable bonds is 8. The Labute approximate surface area is 242 Å². The van der Waals surface area contributed by atoms with Crippen LogP contribution in [0.15, 0.2) is 67.9 Å². The van der Waals surface area contributed by atoms with E-state index in [-0.39, 0.29) is 48.0 Å². The molecule has 1 aliphatic rings. The molecule has 15 heteroatoms. The molecule has 1 atom stereocenters. The Hall–Kier alpha value is -4.11. The summed E-state index contributed by atoms with van der Waals surface area (Å²) >= 11 is 0. The Morgan fingerprint density at radius 1 is 1.14 bits per heavy atom. The number of nitrogens with zero attached hydrogens (tertiary/aromatic N) is 4. The smallest absolute Gasteiger partial charge is 0.433 e. The number of hydrogen-bond donors (Lipinski definition) is 0. The SMILES string of the molecule is CC(C)n1c(=O)c(CCC(=O)[C@@H]2CCCN2S(=O)(=O)c2cc3cc(F)ccc3o2)cn(-c2ccc(C(F)(F)F)nc2)c1=O. The Bertz CT molecular complexity index is 1930. The van der Waals surface area contributed by atoms with E-state index in [9.17, 15) is 40.4 Å². The average molecular weight is 623 g/mol. The molecule has 0 spiro atoms. The van der Waals surface area contributed by atoms with Gasteiger partial charge in [0.05, 0.1) is 17.9 Å². The van der Waals surface area contributed by atoms with Crippen molar-refractivity contribution in [1.82, 2.24) is 18.4 Å². The molecule has 3 aromatic heterocycles. The van der Waals surface area contributed by atoms with Gasteiger partial charge in [0.15, 0.2) is 5.78 Å². The molecule has 0 radical (unpaired) electrons. The normalized spacial score (nSPS) is 16.4. The Morgan fingerprint density at radius 2 is 1.88 bits per heavy atom. The van der Waals surface area contributed by atoms with Crippen LogP contribution in [-0.2, 0) is 27.4 Å². The zero-order valence-corrected chi connectivity index (χ0v) is 23.8. The number of fused-ring (bicyclic) bond motifs is 1. The highest BCUT2D eigenvalue weighted by molar-refractivity contribution is 7.89. The van der Waals surface area contributed by atoms with Crippen molar-refractivity contribution in [3.63, 3.8) is 0 Å². The van der Waals surface area contributed by atoms with Crippen LogP contribution < -0.4 is 11.2 Å². The van der Waals surface area contributed by atoms with Gasteiger partial charge in [-0.15, -0.1) is 0 Å². The second kappa shape index (κ2) is 11.2. The molecule has 0 bridgehead atoms. The van der Waals surface area contributed by atoms with Crippen molar-refractivity contribution in [1.29, 1.82) is 0 Å². The molecule has 4 heterocycles. The molecule has 4 aromatic rings. The highest BCUT2D eigenvalue weighted by atomic mass is 32.2. The summed E-state index contributed by atoms with van der Waals surface area (Å²) in [5, 5.41) is -0.176. The molecule has 228 valence electrons. The van der Waals surface area contributed by atoms with E-state index < -0.39 is 61.9 Å². The van der Waals surface area contributed by atoms with Gasteiger partial charge < -0.3 is 4.42 Å². The van der Waals surface area contributed by atoms with Crippen molar-refractivity contribution >= 4 is 26.8 Å². The summed E-state index contributed by atoms with van der Waals surface area (Å²) in [6, 6.07) is 4.88. The molecule has 0 amide bonds. The number of aromatic nitrogens is 3. The van der Waals surface area contributed by atoms with Gasteiger partial charge >= 0.3 is 11.9 Å². The number of hydrogen-bond acceptors (Lipinski definition) is 7. The second-order valence-corrected chi connectivity index (χ2v) is 12.3. The largest absolute Gasteiger partial charge is 0.443 e. The van der Waals surface area contributed by atoms with Crippen LogP contribution in [0.2, 0.25) is 0 Å². The van der Waals surface area contributed by atoms with Crippen molar-refractivity contribution in [2.75, 3.05) is 6.54 Å². The fourth-order valence-electron chi connectivity index (χ4n) is 5.14. The number of ketones is 1. The number of sulfonamides is 1. The van der Waals surface area contributed by atoms with Crippen molar-refractivity contribution in [3.8, 4) is 5.69 Å². The molecular weight excluding hydrogens is 596 g/mol. The fourth-order valence-corrected chi connectivity index (χ4v) is 6.77. The number of furan rings is 1.